The fourth-order valence-electron chi connectivity index (χ4n) is 3.15. The Balaban J connectivity index is 1.52. The van der Waals surface area contributed by atoms with E-state index >= 15 is 0 Å². The van der Waals surface area contributed by atoms with Crippen LogP contribution >= 0.6 is 0 Å². The molecule has 0 unspecified atom stereocenters. The molecule has 126 valence electrons. The molecule has 1 N–H and O–H groups in total. The molecular formula is C19H22FN3O. The minimum absolute atomic E-state index is 0.0146. The second kappa shape index (κ2) is 8.02. The lowest BCUT2D eigenvalue weighted by molar-refractivity contribution is -0.121. The fraction of sp³-hybridized carbons (Fsp3) is 0.368. The highest BCUT2D eigenvalue weighted by Crippen LogP contribution is 2.16. The number of hydrogen-bond acceptors (Lipinski definition) is 3. The van der Waals surface area contributed by atoms with Gasteiger partial charge >= 0.3 is 0 Å². The van der Waals surface area contributed by atoms with Crippen molar-refractivity contribution in [1.29, 1.82) is 0 Å². The highest BCUT2D eigenvalue weighted by Gasteiger charge is 2.22. The second-order valence-electron chi connectivity index (χ2n) is 6.27. The summed E-state index contributed by atoms with van der Waals surface area (Å²) in [6.07, 6.45) is 5.73. The largest absolute Gasteiger partial charge is 0.352 e. The van der Waals surface area contributed by atoms with E-state index in [9.17, 15) is 9.18 Å². The van der Waals surface area contributed by atoms with Crippen LogP contribution in [0.25, 0.3) is 0 Å². The number of benzene rings is 1. The van der Waals surface area contributed by atoms with Gasteiger partial charge in [0, 0.05) is 37.1 Å². The third kappa shape index (κ3) is 4.61. The van der Waals surface area contributed by atoms with Crippen molar-refractivity contribution in [2.24, 2.45) is 0 Å². The van der Waals surface area contributed by atoms with Crippen LogP contribution in [0.1, 0.15) is 24.0 Å². The minimum atomic E-state index is -0.166. The van der Waals surface area contributed by atoms with Crippen molar-refractivity contribution in [2.75, 3.05) is 13.1 Å². The highest BCUT2D eigenvalue weighted by atomic mass is 19.1. The molecule has 1 atom stereocenters. The number of hydrogen-bond donors (Lipinski definition) is 1. The molecule has 2 heterocycles. The van der Waals surface area contributed by atoms with Crippen LogP contribution in [-0.4, -0.2) is 34.9 Å². The van der Waals surface area contributed by atoms with Gasteiger partial charge in [0.1, 0.15) is 5.82 Å². The normalized spacial score (nSPS) is 18.3. The third-order valence-corrected chi connectivity index (χ3v) is 4.31. The first-order chi connectivity index (χ1) is 11.7. The SMILES string of the molecule is O=C(Cc1cccnc1)N[C@H]1CCCN(Cc2ccccc2F)C1. The number of piperidine rings is 1. The second-order valence-corrected chi connectivity index (χ2v) is 6.27. The van der Waals surface area contributed by atoms with E-state index in [4.69, 9.17) is 0 Å². The van der Waals surface area contributed by atoms with E-state index in [2.05, 4.69) is 15.2 Å². The van der Waals surface area contributed by atoms with E-state index in [1.807, 2.05) is 24.3 Å². The highest BCUT2D eigenvalue weighted by molar-refractivity contribution is 5.78. The molecule has 1 aromatic carbocycles. The Labute approximate surface area is 141 Å². The molecule has 2 aromatic rings. The lowest BCUT2D eigenvalue weighted by Gasteiger charge is -2.33. The number of likely N-dealkylation sites (tertiary alicyclic amines) is 1. The summed E-state index contributed by atoms with van der Waals surface area (Å²) in [7, 11) is 0. The Morgan fingerprint density at radius 1 is 1.29 bits per heavy atom. The monoisotopic (exact) mass is 327 g/mol. The molecule has 0 saturated carbocycles. The molecule has 3 rings (SSSR count). The molecule has 1 fully saturated rings. The van der Waals surface area contributed by atoms with Gasteiger partial charge in [-0.1, -0.05) is 24.3 Å². The van der Waals surface area contributed by atoms with Crippen LogP contribution in [0.15, 0.2) is 48.8 Å². The quantitative estimate of drug-likeness (QED) is 0.918. The van der Waals surface area contributed by atoms with Crippen LogP contribution in [0.3, 0.4) is 0 Å². The average Bonchev–Trinajstić information content (AvgIpc) is 2.58. The zero-order valence-electron chi connectivity index (χ0n) is 13.6. The van der Waals surface area contributed by atoms with Crippen LogP contribution in [-0.2, 0) is 17.8 Å². The predicted octanol–water partition coefficient (Wildman–Crippen LogP) is 2.54. The van der Waals surface area contributed by atoms with Gasteiger partial charge in [-0.25, -0.2) is 4.39 Å². The maximum Gasteiger partial charge on any atom is 0.224 e. The van der Waals surface area contributed by atoms with Gasteiger partial charge in [-0.2, -0.15) is 0 Å². The van der Waals surface area contributed by atoms with Gasteiger partial charge in [0.25, 0.3) is 0 Å². The molecule has 1 saturated heterocycles. The van der Waals surface area contributed by atoms with Gasteiger partial charge in [0.05, 0.1) is 6.42 Å². The van der Waals surface area contributed by atoms with E-state index in [0.29, 0.717) is 18.5 Å². The van der Waals surface area contributed by atoms with E-state index in [1.54, 1.807) is 18.5 Å². The smallest absolute Gasteiger partial charge is 0.224 e. The molecule has 0 aliphatic carbocycles. The number of rotatable bonds is 5. The predicted molar refractivity (Wildman–Crippen MR) is 90.8 cm³/mol. The van der Waals surface area contributed by atoms with Crippen molar-refractivity contribution >= 4 is 5.91 Å². The Bertz CT molecular complexity index is 677. The van der Waals surface area contributed by atoms with Crippen molar-refractivity contribution in [3.8, 4) is 0 Å². The van der Waals surface area contributed by atoms with E-state index in [1.165, 1.54) is 6.07 Å². The van der Waals surface area contributed by atoms with Gasteiger partial charge in [-0.15, -0.1) is 0 Å². The summed E-state index contributed by atoms with van der Waals surface area (Å²) in [4.78, 5) is 18.4. The third-order valence-electron chi connectivity index (χ3n) is 4.31. The number of halogens is 1. The summed E-state index contributed by atoms with van der Waals surface area (Å²) in [6.45, 7) is 2.28. The summed E-state index contributed by atoms with van der Waals surface area (Å²) >= 11 is 0. The first-order valence-corrected chi connectivity index (χ1v) is 8.35. The fourth-order valence-corrected chi connectivity index (χ4v) is 3.15. The topological polar surface area (TPSA) is 45.2 Å². The average molecular weight is 327 g/mol. The van der Waals surface area contributed by atoms with Crippen molar-refractivity contribution in [3.63, 3.8) is 0 Å². The molecule has 5 heteroatoms. The number of aromatic nitrogens is 1. The number of pyridine rings is 1. The molecule has 4 nitrogen and oxygen atoms in total. The number of nitrogens with zero attached hydrogens (tertiary/aromatic N) is 2. The molecule has 1 aliphatic rings. The van der Waals surface area contributed by atoms with Gasteiger partial charge in [-0.3, -0.25) is 14.7 Å². The number of carbonyl (C=O) groups excluding carboxylic acids is 1. The summed E-state index contributed by atoms with van der Waals surface area (Å²) in [5.41, 5.74) is 1.62. The molecule has 0 spiro atoms. The summed E-state index contributed by atoms with van der Waals surface area (Å²) in [5, 5.41) is 3.10. The van der Waals surface area contributed by atoms with E-state index < -0.39 is 0 Å². The van der Waals surface area contributed by atoms with Crippen molar-refractivity contribution in [3.05, 3.63) is 65.7 Å². The van der Waals surface area contributed by atoms with Crippen LogP contribution < -0.4 is 5.32 Å². The zero-order valence-corrected chi connectivity index (χ0v) is 13.6. The van der Waals surface area contributed by atoms with E-state index in [-0.39, 0.29) is 17.8 Å². The standard InChI is InChI=1S/C19H22FN3O/c20-18-8-2-1-6-16(18)13-23-10-4-7-17(14-23)22-19(24)11-15-5-3-9-21-12-15/h1-3,5-6,8-9,12,17H,4,7,10-11,13-14H2,(H,22,24)/t17-/m0/s1. The maximum atomic E-state index is 13.8. The Morgan fingerprint density at radius 2 is 2.17 bits per heavy atom. The summed E-state index contributed by atoms with van der Waals surface area (Å²) < 4.78 is 13.8. The van der Waals surface area contributed by atoms with Gasteiger partial charge < -0.3 is 5.32 Å². The first kappa shape index (κ1) is 16.6. The zero-order chi connectivity index (χ0) is 16.8. The molecule has 24 heavy (non-hydrogen) atoms. The van der Waals surface area contributed by atoms with Gasteiger partial charge in [0.2, 0.25) is 5.91 Å². The Hall–Kier alpha value is -2.27. The van der Waals surface area contributed by atoms with Crippen LogP contribution in [0.2, 0.25) is 0 Å². The molecule has 1 amide bonds. The molecule has 1 aromatic heterocycles. The van der Waals surface area contributed by atoms with Crippen LogP contribution in [0.5, 0.6) is 0 Å². The van der Waals surface area contributed by atoms with Gasteiger partial charge in [-0.05, 0) is 37.1 Å². The molecule has 1 aliphatic heterocycles. The number of carbonyl (C=O) groups is 1. The van der Waals surface area contributed by atoms with Gasteiger partial charge in [0.15, 0.2) is 0 Å². The van der Waals surface area contributed by atoms with Crippen molar-refractivity contribution in [2.45, 2.75) is 31.8 Å². The Morgan fingerprint density at radius 3 is 2.96 bits per heavy atom. The van der Waals surface area contributed by atoms with Crippen LogP contribution in [0.4, 0.5) is 4.39 Å². The van der Waals surface area contributed by atoms with Crippen molar-refractivity contribution in [1.82, 2.24) is 15.2 Å². The first-order valence-electron chi connectivity index (χ1n) is 8.35. The molecule has 0 radical (unpaired) electrons. The minimum Gasteiger partial charge on any atom is -0.352 e. The molecular weight excluding hydrogens is 305 g/mol. The summed E-state index contributed by atoms with van der Waals surface area (Å²) in [5.74, 6) is -0.152. The maximum absolute atomic E-state index is 13.8. The lowest BCUT2D eigenvalue weighted by atomic mass is 10.0. The summed E-state index contributed by atoms with van der Waals surface area (Å²) in [6, 6.07) is 10.7. The number of nitrogens with one attached hydrogen (secondary N) is 1. The van der Waals surface area contributed by atoms with Crippen LogP contribution in [0, 0.1) is 5.82 Å². The molecule has 0 bridgehead atoms. The lowest BCUT2D eigenvalue weighted by Crippen LogP contribution is -2.47. The number of amides is 1. The van der Waals surface area contributed by atoms with Crippen molar-refractivity contribution < 1.29 is 9.18 Å². The Kier molecular flexibility index (Phi) is 5.54. The van der Waals surface area contributed by atoms with E-state index in [0.717, 1.165) is 31.5 Å².